The summed E-state index contributed by atoms with van der Waals surface area (Å²) in [4.78, 5) is 0. The average molecular weight is 360 g/mol. The molecule has 134 valence electrons. The van der Waals surface area contributed by atoms with E-state index in [1.165, 1.54) is 6.07 Å². The standard InChI is InChI=1S/C16H22F2N2O3S/c17-14-4-3-11(8-15(14)18)13-5-6-19-9-16(13)20-24(21,22)12-2-1-7-23-10-12/h3-4,8,12-13,16,19-20H,1-2,5-7,9-10H2. The highest BCUT2D eigenvalue weighted by Crippen LogP contribution is 2.28. The molecular formula is C16H22F2N2O3S. The summed E-state index contributed by atoms with van der Waals surface area (Å²) in [6, 6.07) is 3.39. The normalized spacial score (nSPS) is 28.7. The first-order valence-corrected chi connectivity index (χ1v) is 9.76. The number of piperidine rings is 1. The minimum absolute atomic E-state index is 0.194. The van der Waals surface area contributed by atoms with E-state index < -0.39 is 32.9 Å². The SMILES string of the molecule is O=S(=O)(NC1CNCCC1c1ccc(F)c(F)c1)C1CCCOC1. The Bertz CT molecular complexity index is 678. The summed E-state index contributed by atoms with van der Waals surface area (Å²) in [5.41, 5.74) is 0.614. The van der Waals surface area contributed by atoms with Crippen molar-refractivity contribution in [1.82, 2.24) is 10.0 Å². The fourth-order valence-electron chi connectivity index (χ4n) is 3.39. The van der Waals surface area contributed by atoms with Crippen LogP contribution in [0.25, 0.3) is 0 Å². The van der Waals surface area contributed by atoms with Crippen LogP contribution in [0, 0.1) is 11.6 Å². The minimum Gasteiger partial charge on any atom is -0.380 e. The Morgan fingerprint density at radius 3 is 2.75 bits per heavy atom. The van der Waals surface area contributed by atoms with E-state index in [0.29, 0.717) is 38.1 Å². The van der Waals surface area contributed by atoms with Gasteiger partial charge in [0.1, 0.15) is 0 Å². The molecule has 3 unspecified atom stereocenters. The lowest BCUT2D eigenvalue weighted by molar-refractivity contribution is 0.0986. The molecule has 2 saturated heterocycles. The number of ether oxygens (including phenoxy) is 1. The van der Waals surface area contributed by atoms with Gasteiger partial charge in [-0.1, -0.05) is 6.07 Å². The van der Waals surface area contributed by atoms with Crippen LogP contribution in [0.2, 0.25) is 0 Å². The average Bonchev–Trinajstić information content (AvgIpc) is 2.58. The molecule has 2 heterocycles. The first-order chi connectivity index (χ1) is 11.5. The quantitative estimate of drug-likeness (QED) is 0.854. The fraction of sp³-hybridized carbons (Fsp3) is 0.625. The summed E-state index contributed by atoms with van der Waals surface area (Å²) in [6.45, 7) is 1.95. The topological polar surface area (TPSA) is 67.4 Å². The summed E-state index contributed by atoms with van der Waals surface area (Å²) >= 11 is 0. The van der Waals surface area contributed by atoms with Gasteiger partial charge >= 0.3 is 0 Å². The third-order valence-corrected chi connectivity index (χ3v) is 6.61. The third kappa shape index (κ3) is 3.93. The zero-order chi connectivity index (χ0) is 17.2. The van der Waals surface area contributed by atoms with Crippen molar-refractivity contribution in [3.8, 4) is 0 Å². The largest absolute Gasteiger partial charge is 0.380 e. The lowest BCUT2D eigenvalue weighted by Gasteiger charge is -2.34. The Morgan fingerprint density at radius 2 is 2.04 bits per heavy atom. The number of sulfonamides is 1. The summed E-state index contributed by atoms with van der Waals surface area (Å²) in [5, 5.41) is 2.60. The molecule has 0 amide bonds. The van der Waals surface area contributed by atoms with Crippen LogP contribution < -0.4 is 10.0 Å². The Labute approximate surface area is 140 Å². The van der Waals surface area contributed by atoms with Gasteiger partial charge in [-0.15, -0.1) is 0 Å². The third-order valence-electron chi connectivity index (χ3n) is 4.73. The molecule has 0 aromatic heterocycles. The maximum atomic E-state index is 13.5. The van der Waals surface area contributed by atoms with Gasteiger partial charge < -0.3 is 10.1 Å². The first-order valence-electron chi connectivity index (χ1n) is 8.22. The van der Waals surface area contributed by atoms with Gasteiger partial charge in [0.2, 0.25) is 10.0 Å². The zero-order valence-electron chi connectivity index (χ0n) is 13.3. The molecule has 0 bridgehead atoms. The van der Waals surface area contributed by atoms with Crippen LogP contribution in [0.4, 0.5) is 8.78 Å². The molecule has 8 heteroatoms. The lowest BCUT2D eigenvalue weighted by atomic mass is 9.86. The van der Waals surface area contributed by atoms with E-state index in [9.17, 15) is 17.2 Å². The molecule has 3 rings (SSSR count). The molecule has 24 heavy (non-hydrogen) atoms. The van der Waals surface area contributed by atoms with Crippen LogP contribution in [-0.2, 0) is 14.8 Å². The zero-order valence-corrected chi connectivity index (χ0v) is 14.1. The molecule has 1 aromatic carbocycles. The fourth-order valence-corrected chi connectivity index (χ4v) is 5.00. The van der Waals surface area contributed by atoms with Crippen molar-refractivity contribution in [1.29, 1.82) is 0 Å². The van der Waals surface area contributed by atoms with Crippen LogP contribution >= 0.6 is 0 Å². The van der Waals surface area contributed by atoms with Gasteiger partial charge in [-0.2, -0.15) is 0 Å². The Balaban J connectivity index is 1.77. The number of hydrogen-bond donors (Lipinski definition) is 2. The smallest absolute Gasteiger partial charge is 0.217 e. The van der Waals surface area contributed by atoms with Crippen LogP contribution in [-0.4, -0.2) is 46.0 Å². The van der Waals surface area contributed by atoms with Gasteiger partial charge in [-0.05, 0) is 43.5 Å². The van der Waals surface area contributed by atoms with E-state index in [-0.39, 0.29) is 12.5 Å². The molecule has 1 aromatic rings. The maximum absolute atomic E-state index is 13.5. The summed E-state index contributed by atoms with van der Waals surface area (Å²) in [6.07, 6.45) is 1.95. The van der Waals surface area contributed by atoms with Crippen LogP contribution in [0.1, 0.15) is 30.7 Å². The predicted octanol–water partition coefficient (Wildman–Crippen LogP) is 1.51. The summed E-state index contributed by atoms with van der Waals surface area (Å²) in [7, 11) is -3.52. The van der Waals surface area contributed by atoms with E-state index in [4.69, 9.17) is 4.74 Å². The van der Waals surface area contributed by atoms with Gasteiger partial charge in [0.15, 0.2) is 11.6 Å². The molecule has 3 atom stereocenters. The summed E-state index contributed by atoms with van der Waals surface area (Å²) < 4.78 is 59.9. The molecule has 2 aliphatic rings. The second kappa shape index (κ2) is 7.43. The number of halogens is 2. The molecule has 5 nitrogen and oxygen atoms in total. The second-order valence-corrected chi connectivity index (χ2v) is 8.37. The lowest BCUT2D eigenvalue weighted by Crippen LogP contribution is -2.53. The number of rotatable bonds is 4. The van der Waals surface area contributed by atoms with E-state index in [2.05, 4.69) is 10.0 Å². The van der Waals surface area contributed by atoms with Crippen LogP contribution in [0.15, 0.2) is 18.2 Å². The van der Waals surface area contributed by atoms with Crippen molar-refractivity contribution >= 4 is 10.0 Å². The number of hydrogen-bond acceptors (Lipinski definition) is 4. The number of benzene rings is 1. The molecule has 2 fully saturated rings. The van der Waals surface area contributed by atoms with Gasteiger partial charge in [0.05, 0.1) is 11.9 Å². The molecule has 0 saturated carbocycles. The number of nitrogens with one attached hydrogen (secondary N) is 2. The molecular weight excluding hydrogens is 338 g/mol. The van der Waals surface area contributed by atoms with E-state index in [1.54, 1.807) is 0 Å². The van der Waals surface area contributed by atoms with Crippen molar-refractivity contribution in [2.24, 2.45) is 0 Å². The highest BCUT2D eigenvalue weighted by molar-refractivity contribution is 7.90. The van der Waals surface area contributed by atoms with E-state index >= 15 is 0 Å². The highest BCUT2D eigenvalue weighted by Gasteiger charge is 2.34. The van der Waals surface area contributed by atoms with Gasteiger partial charge in [-0.3, -0.25) is 0 Å². The van der Waals surface area contributed by atoms with Crippen molar-refractivity contribution in [2.75, 3.05) is 26.3 Å². The van der Waals surface area contributed by atoms with Gasteiger partial charge in [0.25, 0.3) is 0 Å². The minimum atomic E-state index is -3.52. The summed E-state index contributed by atoms with van der Waals surface area (Å²) in [5.74, 6) is -2.00. The first kappa shape index (κ1) is 17.7. The predicted molar refractivity (Wildman–Crippen MR) is 86.3 cm³/mol. The molecule has 0 radical (unpaired) electrons. The van der Waals surface area contributed by atoms with Crippen molar-refractivity contribution in [3.63, 3.8) is 0 Å². The van der Waals surface area contributed by atoms with Crippen LogP contribution in [0.3, 0.4) is 0 Å². The van der Waals surface area contributed by atoms with Crippen molar-refractivity contribution < 1.29 is 21.9 Å². The highest BCUT2D eigenvalue weighted by atomic mass is 32.2. The van der Waals surface area contributed by atoms with Crippen molar-refractivity contribution in [3.05, 3.63) is 35.4 Å². The molecule has 0 aliphatic carbocycles. The van der Waals surface area contributed by atoms with Crippen LogP contribution in [0.5, 0.6) is 0 Å². The Morgan fingerprint density at radius 1 is 1.21 bits per heavy atom. The Hall–Kier alpha value is -1.09. The molecule has 2 N–H and O–H groups in total. The monoisotopic (exact) mass is 360 g/mol. The van der Waals surface area contributed by atoms with E-state index in [1.807, 2.05) is 0 Å². The second-order valence-electron chi connectivity index (χ2n) is 6.38. The van der Waals surface area contributed by atoms with Gasteiger partial charge in [0, 0.05) is 25.1 Å². The molecule has 0 spiro atoms. The maximum Gasteiger partial charge on any atom is 0.217 e. The van der Waals surface area contributed by atoms with Gasteiger partial charge in [-0.25, -0.2) is 21.9 Å². The van der Waals surface area contributed by atoms with Crippen molar-refractivity contribution in [2.45, 2.75) is 36.5 Å². The van der Waals surface area contributed by atoms with E-state index in [0.717, 1.165) is 18.6 Å². The Kier molecular flexibility index (Phi) is 5.49. The molecule has 2 aliphatic heterocycles.